The van der Waals surface area contributed by atoms with E-state index in [2.05, 4.69) is 10.6 Å². The van der Waals surface area contributed by atoms with Gasteiger partial charge in [0.05, 0.1) is 17.5 Å². The Morgan fingerprint density at radius 2 is 1.68 bits per heavy atom. The van der Waals surface area contributed by atoms with Crippen LogP contribution < -0.4 is 10.6 Å². The first-order valence-electron chi connectivity index (χ1n) is 12.4. The molecule has 3 N–H and O–H groups in total. The third kappa shape index (κ3) is 3.56. The van der Waals surface area contributed by atoms with Crippen LogP contribution in [0.4, 0.5) is 5.69 Å². The fourth-order valence-corrected chi connectivity index (χ4v) is 6.37. The Morgan fingerprint density at radius 3 is 2.41 bits per heavy atom. The van der Waals surface area contributed by atoms with Crippen molar-refractivity contribution in [2.45, 2.75) is 31.3 Å². The molecule has 2 fully saturated rings. The number of aromatic hydroxyl groups is 1. The quantitative estimate of drug-likeness (QED) is 0.451. The van der Waals surface area contributed by atoms with Crippen molar-refractivity contribution in [1.82, 2.24) is 10.2 Å². The molecule has 3 aliphatic heterocycles. The molecule has 0 unspecified atom stereocenters. The molecule has 7 nitrogen and oxygen atoms in total. The fourth-order valence-electron chi connectivity index (χ4n) is 6.22. The largest absolute Gasteiger partial charge is 0.508 e. The van der Waals surface area contributed by atoms with Crippen LogP contribution in [0.2, 0.25) is 5.02 Å². The van der Waals surface area contributed by atoms with Crippen molar-refractivity contribution in [3.63, 3.8) is 0 Å². The summed E-state index contributed by atoms with van der Waals surface area (Å²) < 4.78 is 0. The van der Waals surface area contributed by atoms with Crippen molar-refractivity contribution in [3.8, 4) is 5.75 Å². The van der Waals surface area contributed by atoms with E-state index in [0.717, 1.165) is 16.7 Å². The molecular weight excluding hydrogens is 490 g/mol. The van der Waals surface area contributed by atoms with Gasteiger partial charge in [-0.2, -0.15) is 0 Å². The van der Waals surface area contributed by atoms with E-state index in [1.54, 1.807) is 36.4 Å². The summed E-state index contributed by atoms with van der Waals surface area (Å²) in [6, 6.07) is 19.5. The number of likely N-dealkylation sites (tertiary alicyclic amines) is 1. The number of nitrogens with zero attached hydrogens (tertiary/aromatic N) is 1. The smallest absolute Gasteiger partial charge is 0.250 e. The molecule has 4 atom stereocenters. The molecule has 0 aromatic heterocycles. The summed E-state index contributed by atoms with van der Waals surface area (Å²) in [6.07, 6.45) is 0.961. The average molecular weight is 516 g/mol. The molecule has 1 spiro atoms. The minimum atomic E-state index is -1.37. The van der Waals surface area contributed by atoms with Crippen LogP contribution in [-0.4, -0.2) is 40.3 Å². The van der Waals surface area contributed by atoms with Crippen LogP contribution in [0.25, 0.3) is 0 Å². The molecule has 3 heterocycles. The molecule has 0 saturated carbocycles. The number of anilines is 1. The molecule has 0 bridgehead atoms. The predicted octanol–water partition coefficient (Wildman–Crippen LogP) is 3.56. The third-order valence-electron chi connectivity index (χ3n) is 8.03. The van der Waals surface area contributed by atoms with Gasteiger partial charge in [-0.1, -0.05) is 60.1 Å². The average Bonchev–Trinajstić information content (AvgIpc) is 3.47. The topological polar surface area (TPSA) is 98.7 Å². The number of phenolic OH excluding ortho intramolecular Hbond substituents is 1. The maximum Gasteiger partial charge on any atom is 0.250 e. The van der Waals surface area contributed by atoms with E-state index in [4.69, 9.17) is 11.6 Å². The Balaban J connectivity index is 1.41. The highest BCUT2D eigenvalue weighted by Gasteiger charge is 2.70. The molecule has 188 valence electrons. The number of nitrogens with one attached hydrogen (secondary N) is 2. The molecule has 3 aromatic rings. The third-order valence-corrected chi connectivity index (χ3v) is 8.44. The molecular formula is C29H26ClN3O4. The lowest BCUT2D eigenvalue weighted by Gasteiger charge is -2.29. The summed E-state index contributed by atoms with van der Waals surface area (Å²) in [5.74, 6) is -2.37. The van der Waals surface area contributed by atoms with E-state index in [9.17, 15) is 19.5 Å². The summed E-state index contributed by atoms with van der Waals surface area (Å²) in [5, 5.41) is 16.6. The summed E-state index contributed by atoms with van der Waals surface area (Å²) >= 11 is 6.35. The van der Waals surface area contributed by atoms with Gasteiger partial charge in [0.15, 0.2) is 0 Å². The van der Waals surface area contributed by atoms with Gasteiger partial charge in [0.25, 0.3) is 0 Å². The summed E-state index contributed by atoms with van der Waals surface area (Å²) in [5.41, 5.74) is 2.52. The van der Waals surface area contributed by atoms with E-state index < -0.39 is 23.4 Å². The number of carbonyl (C=O) groups excluding carboxylic acids is 3. The summed E-state index contributed by atoms with van der Waals surface area (Å²) in [7, 11) is 0. The Labute approximate surface area is 219 Å². The first-order chi connectivity index (χ1) is 17.8. The minimum Gasteiger partial charge on any atom is -0.508 e. The predicted molar refractivity (Wildman–Crippen MR) is 139 cm³/mol. The molecule has 0 radical (unpaired) electrons. The minimum absolute atomic E-state index is 0.146. The number of rotatable bonds is 5. The first kappa shape index (κ1) is 23.7. The first-order valence-corrected chi connectivity index (χ1v) is 12.7. The van der Waals surface area contributed by atoms with Gasteiger partial charge in [0, 0.05) is 23.2 Å². The lowest BCUT2D eigenvalue weighted by atomic mass is 9.76. The van der Waals surface area contributed by atoms with Crippen molar-refractivity contribution < 1.29 is 19.5 Å². The van der Waals surface area contributed by atoms with Crippen molar-refractivity contribution in [3.05, 3.63) is 94.0 Å². The number of imide groups is 1. The van der Waals surface area contributed by atoms with Gasteiger partial charge >= 0.3 is 0 Å². The lowest BCUT2D eigenvalue weighted by Crippen LogP contribution is -2.53. The normalized spacial score (nSPS) is 26.1. The van der Waals surface area contributed by atoms with Gasteiger partial charge in [-0.3, -0.25) is 24.6 Å². The highest BCUT2D eigenvalue weighted by atomic mass is 35.5. The number of halogens is 1. The van der Waals surface area contributed by atoms with Crippen LogP contribution in [0.15, 0.2) is 66.7 Å². The Bertz CT molecular complexity index is 1430. The van der Waals surface area contributed by atoms with Crippen LogP contribution in [0.3, 0.4) is 0 Å². The van der Waals surface area contributed by atoms with Crippen LogP contribution in [0.5, 0.6) is 5.75 Å². The second kappa shape index (κ2) is 8.71. The maximum absolute atomic E-state index is 14.0. The van der Waals surface area contributed by atoms with Crippen LogP contribution >= 0.6 is 11.6 Å². The number of benzene rings is 3. The van der Waals surface area contributed by atoms with E-state index in [1.165, 1.54) is 4.90 Å². The lowest BCUT2D eigenvalue weighted by molar-refractivity contribution is -0.142. The van der Waals surface area contributed by atoms with Crippen LogP contribution in [0, 0.1) is 18.8 Å². The molecule has 8 heteroatoms. The Hall–Kier alpha value is -3.68. The monoisotopic (exact) mass is 515 g/mol. The van der Waals surface area contributed by atoms with Crippen molar-refractivity contribution in [2.75, 3.05) is 11.9 Å². The zero-order valence-corrected chi connectivity index (χ0v) is 21.0. The fraction of sp³-hybridized carbons (Fsp3) is 0.276. The molecule has 6 rings (SSSR count). The molecule has 3 aliphatic rings. The number of hydrogen-bond acceptors (Lipinski definition) is 5. The summed E-state index contributed by atoms with van der Waals surface area (Å²) in [6.45, 7) is 2.08. The van der Waals surface area contributed by atoms with E-state index in [1.807, 2.05) is 37.3 Å². The van der Waals surface area contributed by atoms with E-state index in [0.29, 0.717) is 29.1 Å². The number of carbonyl (C=O) groups is 3. The van der Waals surface area contributed by atoms with E-state index in [-0.39, 0.29) is 30.0 Å². The second-order valence-electron chi connectivity index (χ2n) is 10.0. The van der Waals surface area contributed by atoms with Crippen molar-refractivity contribution >= 4 is 35.0 Å². The highest BCUT2D eigenvalue weighted by Crippen LogP contribution is 2.54. The Kier molecular flexibility index (Phi) is 5.58. The number of amides is 3. The standard InChI is InChI=1S/C29H26ClN3O4/c1-16-21(30)12-11-20-25(16)31-28(37)29(20)24-23(22(32-29)15-18-7-9-19(34)10-8-18)26(35)33(27(24)36)14-13-17-5-3-2-4-6-17/h2-12,22-24,32,34H,13-15H2,1H3,(H,31,37)/t22-,23+,24+,29+/m0/s1. The van der Waals surface area contributed by atoms with Crippen molar-refractivity contribution in [2.24, 2.45) is 11.8 Å². The molecule has 3 amide bonds. The zero-order valence-electron chi connectivity index (χ0n) is 20.2. The van der Waals surface area contributed by atoms with Gasteiger partial charge in [0.1, 0.15) is 11.3 Å². The number of hydrogen-bond donors (Lipinski definition) is 3. The maximum atomic E-state index is 14.0. The van der Waals surface area contributed by atoms with Gasteiger partial charge in [-0.25, -0.2) is 0 Å². The van der Waals surface area contributed by atoms with Crippen LogP contribution in [-0.2, 0) is 32.8 Å². The van der Waals surface area contributed by atoms with Crippen molar-refractivity contribution in [1.29, 1.82) is 0 Å². The van der Waals surface area contributed by atoms with Gasteiger partial charge in [0.2, 0.25) is 17.7 Å². The van der Waals surface area contributed by atoms with Gasteiger partial charge in [-0.15, -0.1) is 0 Å². The van der Waals surface area contributed by atoms with Crippen LogP contribution in [0.1, 0.15) is 22.3 Å². The molecule has 0 aliphatic carbocycles. The summed E-state index contributed by atoms with van der Waals surface area (Å²) in [4.78, 5) is 42.8. The van der Waals surface area contributed by atoms with Gasteiger partial charge in [-0.05, 0) is 54.7 Å². The van der Waals surface area contributed by atoms with Gasteiger partial charge < -0.3 is 10.4 Å². The zero-order chi connectivity index (χ0) is 25.9. The Morgan fingerprint density at radius 1 is 0.946 bits per heavy atom. The molecule has 2 saturated heterocycles. The highest BCUT2D eigenvalue weighted by molar-refractivity contribution is 6.32. The molecule has 3 aromatic carbocycles. The molecule has 37 heavy (non-hydrogen) atoms. The SMILES string of the molecule is Cc1c(Cl)ccc2c1NC(=O)[C@@]21N[C@@H](Cc2ccc(O)cc2)[C@H]2C(=O)N(CCc3ccccc3)C(=O)[C@@H]21. The van der Waals surface area contributed by atoms with E-state index >= 15 is 0 Å². The number of phenols is 1. The second-order valence-corrected chi connectivity index (χ2v) is 10.5. The number of fused-ring (bicyclic) bond motifs is 4.